The quantitative estimate of drug-likeness (QED) is 0.489. The van der Waals surface area contributed by atoms with E-state index in [1.165, 1.54) is 50.6 Å². The number of nitrogen functional groups attached to an aromatic ring is 1. The normalized spacial score (nSPS) is 11.4. The molecule has 0 bridgehead atoms. The maximum atomic E-state index is 6.05. The molecule has 0 amide bonds. The zero-order chi connectivity index (χ0) is 14.8. The van der Waals surface area contributed by atoms with Gasteiger partial charge in [0, 0.05) is 18.3 Å². The van der Waals surface area contributed by atoms with Crippen LogP contribution >= 0.6 is 0 Å². The number of nitrogens with zero attached hydrogens (tertiary/aromatic N) is 1. The van der Waals surface area contributed by atoms with Crippen LogP contribution < -0.4 is 5.73 Å². The second-order valence-corrected chi connectivity index (χ2v) is 6.03. The Bertz CT molecular complexity index is 360. The van der Waals surface area contributed by atoms with Gasteiger partial charge in [0.1, 0.15) is 0 Å². The summed E-state index contributed by atoms with van der Waals surface area (Å²) in [6.07, 6.45) is 8.14. The predicted molar refractivity (Wildman–Crippen MR) is 89.8 cm³/mol. The predicted octanol–water partition coefficient (Wildman–Crippen LogP) is 4.84. The van der Waals surface area contributed by atoms with Gasteiger partial charge in [-0.25, -0.2) is 0 Å². The molecule has 0 unspecified atom stereocenters. The van der Waals surface area contributed by atoms with E-state index in [1.54, 1.807) is 0 Å². The third-order valence-electron chi connectivity index (χ3n) is 3.96. The largest absolute Gasteiger partial charge is 0.398 e. The lowest BCUT2D eigenvalue weighted by molar-refractivity contribution is 0.208. The Balaban J connectivity index is 2.36. The molecule has 2 nitrogen and oxygen atoms in total. The van der Waals surface area contributed by atoms with Crippen LogP contribution in [0.4, 0.5) is 5.69 Å². The number of unbranched alkanes of at least 4 members (excludes halogenated alkanes) is 5. The van der Waals surface area contributed by atoms with Gasteiger partial charge < -0.3 is 5.73 Å². The van der Waals surface area contributed by atoms with Crippen molar-refractivity contribution >= 4 is 5.69 Å². The molecule has 0 aliphatic carbocycles. The summed E-state index contributed by atoms with van der Waals surface area (Å²) in [6.45, 7) is 8.97. The SMILES string of the molecule is CCCCCCCCN(Cc1ccccc1N)C(C)C. The van der Waals surface area contributed by atoms with Gasteiger partial charge in [-0.05, 0) is 38.4 Å². The molecule has 0 heterocycles. The Hall–Kier alpha value is -1.02. The molecule has 1 aromatic carbocycles. The zero-order valence-electron chi connectivity index (χ0n) is 13.6. The Morgan fingerprint density at radius 2 is 1.65 bits per heavy atom. The van der Waals surface area contributed by atoms with Crippen molar-refractivity contribution < 1.29 is 0 Å². The molecule has 1 rings (SSSR count). The highest BCUT2D eigenvalue weighted by Gasteiger charge is 2.11. The van der Waals surface area contributed by atoms with Crippen molar-refractivity contribution in [1.29, 1.82) is 0 Å². The molecule has 0 saturated carbocycles. The van der Waals surface area contributed by atoms with Crippen molar-refractivity contribution in [2.45, 2.75) is 71.9 Å². The van der Waals surface area contributed by atoms with Gasteiger partial charge in [-0.3, -0.25) is 4.90 Å². The fraction of sp³-hybridized carbons (Fsp3) is 0.667. The third-order valence-corrected chi connectivity index (χ3v) is 3.96. The first kappa shape index (κ1) is 17.0. The lowest BCUT2D eigenvalue weighted by Gasteiger charge is -2.27. The minimum Gasteiger partial charge on any atom is -0.398 e. The van der Waals surface area contributed by atoms with E-state index < -0.39 is 0 Å². The van der Waals surface area contributed by atoms with E-state index in [2.05, 4.69) is 37.8 Å². The van der Waals surface area contributed by atoms with E-state index in [9.17, 15) is 0 Å². The topological polar surface area (TPSA) is 29.3 Å². The third kappa shape index (κ3) is 6.42. The average Bonchev–Trinajstić information content (AvgIpc) is 2.43. The number of nitrogens with two attached hydrogens (primary N) is 1. The molecule has 0 radical (unpaired) electrons. The van der Waals surface area contributed by atoms with Gasteiger partial charge in [-0.1, -0.05) is 57.2 Å². The van der Waals surface area contributed by atoms with Crippen LogP contribution in [0, 0.1) is 0 Å². The van der Waals surface area contributed by atoms with E-state index in [0.717, 1.165) is 12.2 Å². The molecule has 20 heavy (non-hydrogen) atoms. The monoisotopic (exact) mass is 276 g/mol. The minimum atomic E-state index is 0.574. The summed E-state index contributed by atoms with van der Waals surface area (Å²) in [5, 5.41) is 0. The molecule has 0 atom stereocenters. The molecule has 0 aliphatic heterocycles. The molecule has 114 valence electrons. The van der Waals surface area contributed by atoms with Crippen molar-refractivity contribution in [2.75, 3.05) is 12.3 Å². The number of anilines is 1. The van der Waals surface area contributed by atoms with Crippen LogP contribution in [0.1, 0.15) is 64.9 Å². The number of hydrogen-bond acceptors (Lipinski definition) is 2. The van der Waals surface area contributed by atoms with Crippen LogP contribution in [0.15, 0.2) is 24.3 Å². The molecule has 0 fully saturated rings. The van der Waals surface area contributed by atoms with E-state index in [4.69, 9.17) is 5.73 Å². The van der Waals surface area contributed by atoms with Gasteiger partial charge in [0.2, 0.25) is 0 Å². The Kier molecular flexibility index (Phi) is 8.36. The van der Waals surface area contributed by atoms with Crippen molar-refractivity contribution in [1.82, 2.24) is 4.90 Å². The van der Waals surface area contributed by atoms with E-state index >= 15 is 0 Å². The highest BCUT2D eigenvalue weighted by Crippen LogP contribution is 2.16. The molecule has 1 aromatic rings. The Morgan fingerprint density at radius 1 is 1.00 bits per heavy atom. The Labute approximate surface area is 125 Å². The molecule has 2 heteroatoms. The molecule has 2 N–H and O–H groups in total. The molecular formula is C18H32N2. The van der Waals surface area contributed by atoms with Crippen LogP contribution in [0.25, 0.3) is 0 Å². The summed E-state index contributed by atoms with van der Waals surface area (Å²) >= 11 is 0. The summed E-state index contributed by atoms with van der Waals surface area (Å²) in [5.41, 5.74) is 8.23. The fourth-order valence-electron chi connectivity index (χ4n) is 2.51. The number of rotatable bonds is 10. The molecule has 0 aliphatic rings. The van der Waals surface area contributed by atoms with Gasteiger partial charge in [0.15, 0.2) is 0 Å². The number of para-hydroxylation sites is 1. The molecule has 0 aromatic heterocycles. The second-order valence-electron chi connectivity index (χ2n) is 6.03. The fourth-order valence-corrected chi connectivity index (χ4v) is 2.51. The van der Waals surface area contributed by atoms with Crippen molar-refractivity contribution in [3.05, 3.63) is 29.8 Å². The average molecular weight is 276 g/mol. The first-order valence-corrected chi connectivity index (χ1v) is 8.22. The highest BCUT2D eigenvalue weighted by molar-refractivity contribution is 5.46. The van der Waals surface area contributed by atoms with Crippen LogP contribution in [-0.2, 0) is 6.54 Å². The minimum absolute atomic E-state index is 0.574. The summed E-state index contributed by atoms with van der Waals surface area (Å²) in [6, 6.07) is 8.80. The van der Waals surface area contributed by atoms with Gasteiger partial charge >= 0.3 is 0 Å². The second kappa shape index (κ2) is 9.82. The molecule has 0 spiro atoms. The lowest BCUT2D eigenvalue weighted by Crippen LogP contribution is -2.31. The first-order valence-electron chi connectivity index (χ1n) is 8.22. The lowest BCUT2D eigenvalue weighted by atomic mass is 10.1. The van der Waals surface area contributed by atoms with E-state index in [1.807, 2.05) is 12.1 Å². The maximum Gasteiger partial charge on any atom is 0.0359 e. The number of benzene rings is 1. The summed E-state index contributed by atoms with van der Waals surface area (Å²) in [7, 11) is 0. The van der Waals surface area contributed by atoms with Crippen LogP contribution in [0.5, 0.6) is 0 Å². The first-order chi connectivity index (χ1) is 9.65. The van der Waals surface area contributed by atoms with Crippen LogP contribution in [0.2, 0.25) is 0 Å². The zero-order valence-corrected chi connectivity index (χ0v) is 13.6. The van der Waals surface area contributed by atoms with E-state index in [-0.39, 0.29) is 0 Å². The van der Waals surface area contributed by atoms with Gasteiger partial charge in [0.25, 0.3) is 0 Å². The molecule has 0 saturated heterocycles. The smallest absolute Gasteiger partial charge is 0.0359 e. The van der Waals surface area contributed by atoms with E-state index in [0.29, 0.717) is 6.04 Å². The summed E-state index contributed by atoms with van der Waals surface area (Å²) in [4.78, 5) is 2.53. The maximum absolute atomic E-state index is 6.05. The highest BCUT2D eigenvalue weighted by atomic mass is 15.1. The molecular weight excluding hydrogens is 244 g/mol. The van der Waals surface area contributed by atoms with Crippen molar-refractivity contribution in [2.24, 2.45) is 0 Å². The summed E-state index contributed by atoms with van der Waals surface area (Å²) < 4.78 is 0. The van der Waals surface area contributed by atoms with Crippen molar-refractivity contribution in [3.63, 3.8) is 0 Å². The van der Waals surface area contributed by atoms with Crippen molar-refractivity contribution in [3.8, 4) is 0 Å². The standard InChI is InChI=1S/C18H32N2/c1-4-5-6-7-8-11-14-20(16(2)3)15-17-12-9-10-13-18(17)19/h9-10,12-13,16H,4-8,11,14-15,19H2,1-3H3. The van der Waals surface area contributed by atoms with Gasteiger partial charge in [-0.2, -0.15) is 0 Å². The van der Waals surface area contributed by atoms with Gasteiger partial charge in [-0.15, -0.1) is 0 Å². The summed E-state index contributed by atoms with van der Waals surface area (Å²) in [5.74, 6) is 0. The van der Waals surface area contributed by atoms with Crippen LogP contribution in [0.3, 0.4) is 0 Å². The van der Waals surface area contributed by atoms with Crippen LogP contribution in [-0.4, -0.2) is 17.5 Å². The Morgan fingerprint density at radius 3 is 2.30 bits per heavy atom. The number of hydrogen-bond donors (Lipinski definition) is 1. The van der Waals surface area contributed by atoms with Gasteiger partial charge in [0.05, 0.1) is 0 Å².